The smallest absolute Gasteiger partial charge is 0.174 e. The minimum absolute atomic E-state index is 0.495. The molecule has 9 heavy (non-hydrogen) atoms. The van der Waals surface area contributed by atoms with E-state index in [1.807, 2.05) is 14.0 Å². The highest BCUT2D eigenvalue weighted by atomic mass is 35.5. The number of nitrogens with one attached hydrogen (secondary N) is 2. The zero-order chi connectivity index (χ0) is 6.85. The van der Waals surface area contributed by atoms with Gasteiger partial charge in [-0.05, 0) is 6.92 Å². The molecular weight excluding hydrogens is 138 g/mol. The first kappa shape index (κ1) is 6.42. The van der Waals surface area contributed by atoms with Crippen molar-refractivity contribution in [2.75, 3.05) is 12.4 Å². The minimum atomic E-state index is 0.495. The molecule has 0 aliphatic carbocycles. The number of hydrogen-bond acceptors (Lipinski definition) is 2. The highest BCUT2D eigenvalue weighted by molar-refractivity contribution is 6.32. The fraction of sp³-hybridized carbons (Fsp3) is 0.400. The molecule has 0 bridgehead atoms. The molecule has 0 atom stereocenters. The van der Waals surface area contributed by atoms with E-state index in [0.717, 1.165) is 11.4 Å². The lowest BCUT2D eigenvalue weighted by Gasteiger charge is -1.93. The van der Waals surface area contributed by atoms with Gasteiger partial charge in [-0.2, -0.15) is 5.10 Å². The maximum Gasteiger partial charge on any atom is 0.174 e. The normalized spacial score (nSPS) is 9.67. The summed E-state index contributed by atoms with van der Waals surface area (Å²) in [5.74, 6) is 0. The van der Waals surface area contributed by atoms with Crippen molar-refractivity contribution in [3.05, 3.63) is 10.8 Å². The summed E-state index contributed by atoms with van der Waals surface area (Å²) in [5, 5.41) is 9.92. The largest absolute Gasteiger partial charge is 0.384 e. The molecule has 0 spiro atoms. The average Bonchev–Trinajstić information content (AvgIpc) is 2.12. The molecule has 1 aromatic rings. The van der Waals surface area contributed by atoms with Crippen LogP contribution in [0.3, 0.4) is 0 Å². The standard InChI is InChI=1S/C5H8ClN3/c1-3-4(7-2)5(6)9-8-3/h7H,1-2H3,(H,8,9). The minimum Gasteiger partial charge on any atom is -0.384 e. The first-order chi connectivity index (χ1) is 4.25. The molecule has 2 N–H and O–H groups in total. The van der Waals surface area contributed by atoms with Crippen molar-refractivity contribution >= 4 is 17.3 Å². The number of H-pyrrole nitrogens is 1. The second kappa shape index (κ2) is 2.27. The van der Waals surface area contributed by atoms with Gasteiger partial charge in [0.05, 0.1) is 11.4 Å². The summed E-state index contributed by atoms with van der Waals surface area (Å²) < 4.78 is 0. The first-order valence-electron chi connectivity index (χ1n) is 2.64. The maximum absolute atomic E-state index is 5.64. The van der Waals surface area contributed by atoms with Crippen LogP contribution in [0.15, 0.2) is 0 Å². The maximum atomic E-state index is 5.64. The van der Waals surface area contributed by atoms with Gasteiger partial charge in [0, 0.05) is 7.05 Å². The van der Waals surface area contributed by atoms with E-state index in [2.05, 4.69) is 15.5 Å². The zero-order valence-electron chi connectivity index (χ0n) is 5.33. The predicted molar refractivity (Wildman–Crippen MR) is 37.9 cm³/mol. The Morgan fingerprint density at radius 3 is 2.56 bits per heavy atom. The number of aromatic amines is 1. The third-order valence-corrected chi connectivity index (χ3v) is 1.43. The monoisotopic (exact) mass is 145 g/mol. The molecule has 0 saturated carbocycles. The predicted octanol–water partition coefficient (Wildman–Crippen LogP) is 1.41. The Bertz CT molecular complexity index is 186. The number of halogens is 1. The van der Waals surface area contributed by atoms with Crippen LogP contribution in [0.5, 0.6) is 0 Å². The Balaban J connectivity index is 3.07. The van der Waals surface area contributed by atoms with Gasteiger partial charge in [0.2, 0.25) is 0 Å². The van der Waals surface area contributed by atoms with Gasteiger partial charge in [-0.15, -0.1) is 0 Å². The van der Waals surface area contributed by atoms with Crippen LogP contribution in [-0.2, 0) is 0 Å². The van der Waals surface area contributed by atoms with Crippen molar-refractivity contribution in [2.45, 2.75) is 6.92 Å². The van der Waals surface area contributed by atoms with E-state index in [1.54, 1.807) is 0 Å². The quantitative estimate of drug-likeness (QED) is 0.628. The molecule has 3 nitrogen and oxygen atoms in total. The van der Waals surface area contributed by atoms with Crippen molar-refractivity contribution in [3.8, 4) is 0 Å². The van der Waals surface area contributed by atoms with Gasteiger partial charge in [0.15, 0.2) is 5.15 Å². The van der Waals surface area contributed by atoms with Crippen molar-refractivity contribution in [1.29, 1.82) is 0 Å². The molecular formula is C5H8ClN3. The molecule has 1 rings (SSSR count). The first-order valence-corrected chi connectivity index (χ1v) is 3.01. The lowest BCUT2D eigenvalue weighted by Crippen LogP contribution is -1.87. The third-order valence-electron chi connectivity index (χ3n) is 1.15. The van der Waals surface area contributed by atoms with Gasteiger partial charge in [-0.3, -0.25) is 5.10 Å². The topological polar surface area (TPSA) is 40.7 Å². The SMILES string of the molecule is CNc1c(Cl)n[nH]c1C. The fourth-order valence-electron chi connectivity index (χ4n) is 0.690. The Labute approximate surface area is 58.4 Å². The van der Waals surface area contributed by atoms with Crippen molar-refractivity contribution in [2.24, 2.45) is 0 Å². The Hall–Kier alpha value is -0.700. The molecule has 1 aromatic heterocycles. The number of nitrogens with zero attached hydrogens (tertiary/aromatic N) is 1. The molecule has 1 heterocycles. The summed E-state index contributed by atoms with van der Waals surface area (Å²) in [6.45, 7) is 1.91. The van der Waals surface area contributed by atoms with E-state index in [9.17, 15) is 0 Å². The van der Waals surface area contributed by atoms with Gasteiger partial charge >= 0.3 is 0 Å². The molecule has 0 aliphatic rings. The number of aryl methyl sites for hydroxylation is 1. The molecule has 0 aliphatic heterocycles. The molecule has 0 radical (unpaired) electrons. The van der Waals surface area contributed by atoms with Crippen LogP contribution in [0.25, 0.3) is 0 Å². The van der Waals surface area contributed by atoms with E-state index < -0.39 is 0 Å². The van der Waals surface area contributed by atoms with Crippen molar-refractivity contribution in [1.82, 2.24) is 10.2 Å². The van der Waals surface area contributed by atoms with Crippen LogP contribution >= 0.6 is 11.6 Å². The van der Waals surface area contributed by atoms with Gasteiger partial charge < -0.3 is 5.32 Å². The van der Waals surface area contributed by atoms with Crippen LogP contribution in [-0.4, -0.2) is 17.2 Å². The fourth-order valence-corrected chi connectivity index (χ4v) is 0.969. The second-order valence-corrected chi connectivity index (χ2v) is 2.12. The summed E-state index contributed by atoms with van der Waals surface area (Å²) in [7, 11) is 1.81. The molecule has 4 heteroatoms. The summed E-state index contributed by atoms with van der Waals surface area (Å²) in [5.41, 5.74) is 1.83. The summed E-state index contributed by atoms with van der Waals surface area (Å²) >= 11 is 5.64. The molecule has 0 fully saturated rings. The summed E-state index contributed by atoms with van der Waals surface area (Å²) in [6, 6.07) is 0. The molecule has 50 valence electrons. The van der Waals surface area contributed by atoms with Crippen LogP contribution in [0.4, 0.5) is 5.69 Å². The highest BCUT2D eigenvalue weighted by Gasteiger charge is 2.03. The van der Waals surface area contributed by atoms with Gasteiger partial charge in [0.1, 0.15) is 0 Å². The van der Waals surface area contributed by atoms with Crippen LogP contribution < -0.4 is 5.32 Å². The number of hydrogen-bond donors (Lipinski definition) is 2. The number of rotatable bonds is 1. The van der Waals surface area contributed by atoms with E-state index in [1.165, 1.54) is 0 Å². The molecule has 0 aromatic carbocycles. The van der Waals surface area contributed by atoms with E-state index in [-0.39, 0.29) is 0 Å². The second-order valence-electron chi connectivity index (χ2n) is 1.76. The Kier molecular flexibility index (Phi) is 1.62. The summed E-state index contributed by atoms with van der Waals surface area (Å²) in [6.07, 6.45) is 0. The van der Waals surface area contributed by atoms with E-state index >= 15 is 0 Å². The van der Waals surface area contributed by atoms with Gasteiger partial charge in [0.25, 0.3) is 0 Å². The van der Waals surface area contributed by atoms with Crippen LogP contribution in [0.2, 0.25) is 5.15 Å². The zero-order valence-corrected chi connectivity index (χ0v) is 6.08. The van der Waals surface area contributed by atoms with Crippen LogP contribution in [0.1, 0.15) is 5.69 Å². The Morgan fingerprint density at radius 2 is 2.33 bits per heavy atom. The van der Waals surface area contributed by atoms with Gasteiger partial charge in [-0.1, -0.05) is 11.6 Å². The lowest BCUT2D eigenvalue weighted by molar-refractivity contribution is 1.05. The lowest BCUT2D eigenvalue weighted by atomic mass is 10.4. The van der Waals surface area contributed by atoms with E-state index in [0.29, 0.717) is 5.15 Å². The van der Waals surface area contributed by atoms with Gasteiger partial charge in [-0.25, -0.2) is 0 Å². The average molecular weight is 146 g/mol. The van der Waals surface area contributed by atoms with Crippen molar-refractivity contribution < 1.29 is 0 Å². The van der Waals surface area contributed by atoms with Crippen molar-refractivity contribution in [3.63, 3.8) is 0 Å². The Morgan fingerprint density at radius 1 is 1.67 bits per heavy atom. The summed E-state index contributed by atoms with van der Waals surface area (Å²) in [4.78, 5) is 0. The number of aromatic nitrogens is 2. The molecule has 0 amide bonds. The third kappa shape index (κ3) is 1.00. The number of anilines is 1. The van der Waals surface area contributed by atoms with Crippen LogP contribution in [0, 0.1) is 6.92 Å². The molecule has 0 saturated heterocycles. The molecule has 0 unspecified atom stereocenters. The van der Waals surface area contributed by atoms with E-state index in [4.69, 9.17) is 11.6 Å². The highest BCUT2D eigenvalue weighted by Crippen LogP contribution is 2.20.